The van der Waals surface area contributed by atoms with Gasteiger partial charge >= 0.3 is 0 Å². The van der Waals surface area contributed by atoms with Crippen molar-refractivity contribution in [2.24, 2.45) is 11.8 Å². The fourth-order valence-corrected chi connectivity index (χ4v) is 5.33. The molecule has 3 aromatic rings. The first-order valence-electron chi connectivity index (χ1n) is 9.29. The smallest absolute Gasteiger partial charge is 0.244 e. The summed E-state index contributed by atoms with van der Waals surface area (Å²) in [5.41, 5.74) is 4.15. The second-order valence-electron chi connectivity index (χ2n) is 7.48. The first-order valence-corrected chi connectivity index (χ1v) is 9.29. The zero-order chi connectivity index (χ0) is 18.1. The number of nitrogens with zero attached hydrogens (tertiary/aromatic N) is 2. The third-order valence-corrected chi connectivity index (χ3v) is 6.30. The lowest BCUT2D eigenvalue weighted by atomic mass is 9.63. The summed E-state index contributed by atoms with van der Waals surface area (Å²) in [4.78, 5) is 28.3. The molecule has 3 aliphatic heterocycles. The first kappa shape index (κ1) is 14.9. The Labute approximate surface area is 156 Å². The van der Waals surface area contributed by atoms with Gasteiger partial charge in [0.25, 0.3) is 0 Å². The van der Waals surface area contributed by atoms with E-state index in [2.05, 4.69) is 22.8 Å². The molecule has 4 atom stereocenters. The molecular weight excluding hydrogens is 336 g/mol. The average Bonchev–Trinajstić information content (AvgIpc) is 3.00. The predicted molar refractivity (Wildman–Crippen MR) is 99.0 cm³/mol. The minimum absolute atomic E-state index is 0.0733. The Bertz CT molecular complexity index is 993. The summed E-state index contributed by atoms with van der Waals surface area (Å²) in [6.07, 6.45) is 2.04. The summed E-state index contributed by atoms with van der Waals surface area (Å²) in [6.45, 7) is 0. The van der Waals surface area contributed by atoms with Crippen molar-refractivity contribution in [2.45, 2.75) is 12.0 Å². The number of amides is 2. The van der Waals surface area contributed by atoms with Crippen molar-refractivity contribution in [2.75, 3.05) is 4.90 Å². The normalized spacial score (nSPS) is 27.3. The Morgan fingerprint density at radius 1 is 0.704 bits per heavy atom. The van der Waals surface area contributed by atoms with Crippen LogP contribution in [-0.2, 0) is 9.59 Å². The number of imide groups is 1. The van der Waals surface area contributed by atoms with Crippen LogP contribution in [0.3, 0.4) is 0 Å². The number of aromatic nitrogens is 1. The van der Waals surface area contributed by atoms with Crippen molar-refractivity contribution in [1.29, 1.82) is 0 Å². The van der Waals surface area contributed by atoms with Gasteiger partial charge in [-0.1, -0.05) is 48.5 Å². The lowest BCUT2D eigenvalue weighted by Crippen LogP contribution is -2.59. The zero-order valence-corrected chi connectivity index (χ0v) is 14.5. The van der Waals surface area contributed by atoms with Crippen molar-refractivity contribution >= 4 is 17.5 Å². The summed E-state index contributed by atoms with van der Waals surface area (Å²) in [7, 11) is 0. The molecule has 0 saturated carbocycles. The van der Waals surface area contributed by atoms with Crippen LogP contribution in [0.2, 0.25) is 0 Å². The van der Waals surface area contributed by atoms with Crippen LogP contribution in [0, 0.1) is 11.8 Å². The highest BCUT2D eigenvalue weighted by molar-refractivity contribution is 6.23. The molecule has 1 saturated heterocycles. The molecule has 1 aromatic heterocycles. The van der Waals surface area contributed by atoms with E-state index in [-0.39, 0.29) is 35.6 Å². The largest absolute Gasteiger partial charge is 0.274 e. The molecule has 0 spiro atoms. The molecule has 2 aromatic carbocycles. The minimum Gasteiger partial charge on any atom is -0.274 e. The lowest BCUT2D eigenvalue weighted by molar-refractivity contribution is -0.736. The standard InChI is InChI=1S/C23H17N2O2/c26-22-19-18-15-10-4-5-11-16(15)21(24-13-7-6-12-17(18)24)20(19)23(27)25(22)14-8-2-1-3-9-14/h1-13,18-21H/q+1/t18-,19+,20-,21+/m1/s1. The van der Waals surface area contributed by atoms with Crippen molar-refractivity contribution in [1.82, 2.24) is 0 Å². The molecule has 27 heavy (non-hydrogen) atoms. The fourth-order valence-electron chi connectivity index (χ4n) is 5.33. The van der Waals surface area contributed by atoms with E-state index in [1.54, 1.807) is 0 Å². The molecule has 0 radical (unpaired) electrons. The van der Waals surface area contributed by atoms with Gasteiger partial charge in [-0.05, 0) is 17.7 Å². The van der Waals surface area contributed by atoms with Crippen LogP contribution in [0.1, 0.15) is 28.8 Å². The van der Waals surface area contributed by atoms with Gasteiger partial charge < -0.3 is 0 Å². The number of pyridine rings is 1. The molecule has 0 N–H and O–H groups in total. The maximum Gasteiger partial charge on any atom is 0.244 e. The number of carbonyl (C=O) groups is 2. The predicted octanol–water partition coefficient (Wildman–Crippen LogP) is 2.83. The van der Waals surface area contributed by atoms with Gasteiger partial charge in [-0.3, -0.25) is 9.59 Å². The fraction of sp³-hybridized carbons (Fsp3) is 0.174. The molecule has 2 bridgehead atoms. The topological polar surface area (TPSA) is 41.3 Å². The van der Waals surface area contributed by atoms with E-state index < -0.39 is 0 Å². The molecule has 0 unspecified atom stereocenters. The molecule has 130 valence electrons. The highest BCUT2D eigenvalue weighted by Gasteiger charge is 2.66. The number of rotatable bonds is 1. The summed E-state index contributed by atoms with van der Waals surface area (Å²) in [5, 5.41) is 0. The van der Waals surface area contributed by atoms with Gasteiger partial charge in [0.1, 0.15) is 5.92 Å². The zero-order valence-electron chi connectivity index (χ0n) is 14.5. The highest BCUT2D eigenvalue weighted by Crippen LogP contribution is 2.55. The minimum atomic E-state index is -0.350. The van der Waals surface area contributed by atoms with Crippen LogP contribution >= 0.6 is 0 Å². The van der Waals surface area contributed by atoms with Crippen molar-refractivity contribution in [3.8, 4) is 0 Å². The average molecular weight is 353 g/mol. The summed E-state index contributed by atoms with van der Waals surface area (Å²) >= 11 is 0. The Balaban J connectivity index is 1.60. The number of hydrogen-bond acceptors (Lipinski definition) is 2. The number of anilines is 1. The molecule has 1 aliphatic carbocycles. The number of para-hydroxylation sites is 1. The molecule has 7 rings (SSSR count). The summed E-state index contributed by atoms with van der Waals surface area (Å²) in [6, 6.07) is 23.5. The van der Waals surface area contributed by atoms with Crippen LogP contribution in [-0.4, -0.2) is 11.8 Å². The SMILES string of the molecule is O=C1[C@@H]2[C@@H](C(=O)N1c1ccccc1)[C@@H]1c3ccccc3[C@@H]2[n+]2ccccc21. The van der Waals surface area contributed by atoms with Gasteiger partial charge in [0, 0.05) is 17.7 Å². The third kappa shape index (κ3) is 1.75. The van der Waals surface area contributed by atoms with Crippen LogP contribution in [0.4, 0.5) is 5.69 Å². The maximum atomic E-state index is 13.5. The van der Waals surface area contributed by atoms with Crippen molar-refractivity contribution < 1.29 is 14.2 Å². The molecule has 4 heterocycles. The summed E-state index contributed by atoms with van der Waals surface area (Å²) in [5.74, 6) is -0.918. The number of benzene rings is 2. The Kier molecular flexibility index (Phi) is 2.82. The molecule has 4 nitrogen and oxygen atoms in total. The molecule has 4 aliphatic rings. The van der Waals surface area contributed by atoms with E-state index in [1.165, 1.54) is 16.0 Å². The molecule has 4 heteroatoms. The Morgan fingerprint density at radius 3 is 2.19 bits per heavy atom. The van der Waals surface area contributed by atoms with Crippen LogP contribution < -0.4 is 9.47 Å². The molecular formula is C23H17N2O2+. The monoisotopic (exact) mass is 353 g/mol. The van der Waals surface area contributed by atoms with E-state index in [0.29, 0.717) is 5.69 Å². The van der Waals surface area contributed by atoms with Gasteiger partial charge in [0.15, 0.2) is 17.9 Å². The van der Waals surface area contributed by atoms with E-state index in [1.807, 2.05) is 60.8 Å². The van der Waals surface area contributed by atoms with Crippen LogP contribution in [0.25, 0.3) is 0 Å². The highest BCUT2D eigenvalue weighted by atomic mass is 16.2. The molecule has 2 amide bonds. The van der Waals surface area contributed by atoms with Gasteiger partial charge in [-0.2, -0.15) is 4.57 Å². The molecule has 1 fully saturated rings. The van der Waals surface area contributed by atoms with E-state index >= 15 is 0 Å². The van der Waals surface area contributed by atoms with E-state index in [0.717, 1.165) is 5.69 Å². The second kappa shape index (κ2) is 5.13. The van der Waals surface area contributed by atoms with Gasteiger partial charge in [-0.15, -0.1) is 0 Å². The van der Waals surface area contributed by atoms with E-state index in [4.69, 9.17) is 0 Å². The lowest BCUT2D eigenvalue weighted by Gasteiger charge is -2.40. The van der Waals surface area contributed by atoms with Gasteiger partial charge in [0.05, 0.1) is 17.5 Å². The quantitative estimate of drug-likeness (QED) is 0.499. The Morgan fingerprint density at radius 2 is 1.37 bits per heavy atom. The van der Waals surface area contributed by atoms with Gasteiger partial charge in [-0.25, -0.2) is 4.90 Å². The third-order valence-electron chi connectivity index (χ3n) is 6.30. The first-order chi connectivity index (χ1) is 13.3. The van der Waals surface area contributed by atoms with Crippen molar-refractivity contribution in [3.05, 3.63) is 95.8 Å². The van der Waals surface area contributed by atoms with Gasteiger partial charge in [0.2, 0.25) is 11.8 Å². The number of carbonyl (C=O) groups excluding carboxylic acids is 2. The maximum absolute atomic E-state index is 13.5. The van der Waals surface area contributed by atoms with Crippen LogP contribution in [0.15, 0.2) is 79.0 Å². The Hall–Kier alpha value is -3.27. The summed E-state index contributed by atoms with van der Waals surface area (Å²) < 4.78 is 2.20. The second-order valence-corrected chi connectivity index (χ2v) is 7.48. The van der Waals surface area contributed by atoms with Crippen molar-refractivity contribution in [3.63, 3.8) is 0 Å². The van der Waals surface area contributed by atoms with Crippen LogP contribution in [0.5, 0.6) is 0 Å². The van der Waals surface area contributed by atoms with E-state index in [9.17, 15) is 9.59 Å². The number of hydrogen-bond donors (Lipinski definition) is 0.